The van der Waals surface area contributed by atoms with Crippen LogP contribution in [-0.4, -0.2) is 17.6 Å². The van der Waals surface area contributed by atoms with Crippen LogP contribution < -0.4 is 5.32 Å². The fraction of sp³-hybridized carbons (Fsp3) is 0.188. The van der Waals surface area contributed by atoms with Crippen molar-refractivity contribution in [2.45, 2.75) is 12.8 Å². The van der Waals surface area contributed by atoms with Gasteiger partial charge in [0.1, 0.15) is 0 Å². The van der Waals surface area contributed by atoms with Crippen LogP contribution in [0.5, 0.6) is 0 Å². The number of hydrogen-bond donors (Lipinski definition) is 2. The minimum atomic E-state index is -0.823. The lowest BCUT2D eigenvalue weighted by molar-refractivity contribution is -0.138. The van der Waals surface area contributed by atoms with Gasteiger partial charge in [0.2, 0.25) is 0 Å². The van der Waals surface area contributed by atoms with Crippen LogP contribution >= 0.6 is 15.9 Å². The van der Waals surface area contributed by atoms with Gasteiger partial charge >= 0.3 is 5.97 Å². The fourth-order valence-corrected chi connectivity index (χ4v) is 2.41. The number of nitrogens with one attached hydrogen (secondary N) is 1. The van der Waals surface area contributed by atoms with Gasteiger partial charge in [-0.05, 0) is 30.2 Å². The van der Waals surface area contributed by atoms with E-state index in [4.69, 9.17) is 0 Å². The molecule has 20 heavy (non-hydrogen) atoms. The second-order valence-corrected chi connectivity index (χ2v) is 5.45. The van der Waals surface area contributed by atoms with Gasteiger partial charge in [0, 0.05) is 16.7 Å². The van der Waals surface area contributed by atoms with Gasteiger partial charge in [-0.15, -0.1) is 0 Å². The van der Waals surface area contributed by atoms with Gasteiger partial charge in [-0.1, -0.05) is 52.3 Å². The highest BCUT2D eigenvalue weighted by Gasteiger charge is 2.19. The third kappa shape index (κ3) is 3.39. The summed E-state index contributed by atoms with van der Waals surface area (Å²) >= 11 is 3.47. The molecule has 2 N–H and O–H groups in total. The molecule has 1 atom stereocenters. The largest absolute Gasteiger partial charge is 0.481 e. The number of benzene rings is 2. The molecule has 4 heteroatoms. The number of aliphatic carboxylic acids is 1. The zero-order chi connectivity index (χ0) is 14.5. The normalized spacial score (nSPS) is 11.9. The third-order valence-corrected chi connectivity index (χ3v) is 4.12. The van der Waals surface area contributed by atoms with Crippen LogP contribution in [0.4, 0.5) is 5.69 Å². The lowest BCUT2D eigenvalue weighted by atomic mass is 9.99. The van der Waals surface area contributed by atoms with E-state index in [2.05, 4.69) is 21.2 Å². The molecule has 0 aliphatic heterocycles. The van der Waals surface area contributed by atoms with Crippen molar-refractivity contribution in [3.05, 3.63) is 64.1 Å². The van der Waals surface area contributed by atoms with E-state index in [1.54, 1.807) is 0 Å². The van der Waals surface area contributed by atoms with Crippen LogP contribution in [0.2, 0.25) is 0 Å². The molecule has 2 aromatic carbocycles. The quantitative estimate of drug-likeness (QED) is 0.868. The summed E-state index contributed by atoms with van der Waals surface area (Å²) in [4.78, 5) is 11.4. The molecule has 2 aromatic rings. The first kappa shape index (κ1) is 14.6. The molecule has 3 nitrogen and oxygen atoms in total. The highest BCUT2D eigenvalue weighted by atomic mass is 79.9. The Balaban J connectivity index is 2.14. The van der Waals surface area contributed by atoms with Crippen molar-refractivity contribution in [2.24, 2.45) is 0 Å². The van der Waals surface area contributed by atoms with Crippen LogP contribution in [0, 0.1) is 6.92 Å². The van der Waals surface area contributed by atoms with E-state index in [0.29, 0.717) is 6.54 Å². The number of rotatable bonds is 5. The van der Waals surface area contributed by atoms with E-state index >= 15 is 0 Å². The van der Waals surface area contributed by atoms with E-state index in [0.717, 1.165) is 21.3 Å². The summed E-state index contributed by atoms with van der Waals surface area (Å²) in [7, 11) is 0. The molecule has 0 spiro atoms. The van der Waals surface area contributed by atoms with E-state index in [1.165, 1.54) is 0 Å². The maximum absolute atomic E-state index is 11.4. The number of anilines is 1. The lowest BCUT2D eigenvalue weighted by Gasteiger charge is -2.16. The minimum absolute atomic E-state index is 0.358. The lowest BCUT2D eigenvalue weighted by Crippen LogP contribution is -2.21. The zero-order valence-corrected chi connectivity index (χ0v) is 12.7. The number of halogens is 1. The molecule has 0 bridgehead atoms. The van der Waals surface area contributed by atoms with Crippen molar-refractivity contribution >= 4 is 27.6 Å². The van der Waals surface area contributed by atoms with E-state index < -0.39 is 11.9 Å². The average molecular weight is 334 g/mol. The molecule has 0 saturated carbocycles. The van der Waals surface area contributed by atoms with Crippen molar-refractivity contribution in [1.29, 1.82) is 0 Å². The van der Waals surface area contributed by atoms with Gasteiger partial charge < -0.3 is 10.4 Å². The average Bonchev–Trinajstić information content (AvgIpc) is 2.44. The van der Waals surface area contributed by atoms with Crippen LogP contribution in [0.15, 0.2) is 53.0 Å². The van der Waals surface area contributed by atoms with Crippen molar-refractivity contribution in [3.63, 3.8) is 0 Å². The van der Waals surface area contributed by atoms with Crippen molar-refractivity contribution in [1.82, 2.24) is 0 Å². The summed E-state index contributed by atoms with van der Waals surface area (Å²) in [5, 5.41) is 12.6. The monoisotopic (exact) mass is 333 g/mol. The molecule has 0 aliphatic rings. The molecule has 0 aromatic heterocycles. The van der Waals surface area contributed by atoms with E-state index in [1.807, 2.05) is 55.5 Å². The summed E-state index contributed by atoms with van der Waals surface area (Å²) in [5.41, 5.74) is 2.83. The second kappa shape index (κ2) is 6.57. The Morgan fingerprint density at radius 2 is 1.90 bits per heavy atom. The molecule has 0 amide bonds. The first-order chi connectivity index (χ1) is 9.59. The number of carboxylic acids is 1. The Morgan fingerprint density at radius 1 is 1.20 bits per heavy atom. The molecule has 104 valence electrons. The molecule has 0 radical (unpaired) electrons. The van der Waals surface area contributed by atoms with Crippen molar-refractivity contribution in [2.75, 3.05) is 11.9 Å². The van der Waals surface area contributed by atoms with Gasteiger partial charge in [-0.2, -0.15) is 0 Å². The summed E-state index contributed by atoms with van der Waals surface area (Å²) in [6.45, 7) is 2.35. The Morgan fingerprint density at radius 3 is 2.55 bits per heavy atom. The van der Waals surface area contributed by atoms with Crippen LogP contribution in [0.1, 0.15) is 17.0 Å². The number of hydrogen-bond acceptors (Lipinski definition) is 2. The van der Waals surface area contributed by atoms with Crippen molar-refractivity contribution in [3.8, 4) is 0 Å². The number of carbonyl (C=O) groups is 1. The molecule has 0 saturated heterocycles. The Labute approximate surface area is 126 Å². The Hall–Kier alpha value is -1.81. The molecule has 0 aliphatic carbocycles. The smallest absolute Gasteiger partial charge is 0.312 e. The topological polar surface area (TPSA) is 49.3 Å². The van der Waals surface area contributed by atoms with E-state index in [-0.39, 0.29) is 0 Å². The maximum Gasteiger partial charge on any atom is 0.312 e. The van der Waals surface area contributed by atoms with Gasteiger partial charge in [-0.3, -0.25) is 4.79 Å². The third-order valence-electron chi connectivity index (χ3n) is 3.26. The fourth-order valence-electron chi connectivity index (χ4n) is 2.04. The SMILES string of the molecule is Cc1c(Br)cccc1NCC(C(=O)O)c1ccccc1. The maximum atomic E-state index is 11.4. The summed E-state index contributed by atoms with van der Waals surface area (Å²) in [6.07, 6.45) is 0. The summed E-state index contributed by atoms with van der Waals surface area (Å²) in [6, 6.07) is 15.1. The standard InChI is InChI=1S/C16H16BrNO2/c1-11-14(17)8-5-9-15(11)18-10-13(16(19)20)12-6-3-2-4-7-12/h2-9,13,18H,10H2,1H3,(H,19,20). The van der Waals surface area contributed by atoms with Crippen LogP contribution in [-0.2, 0) is 4.79 Å². The van der Waals surface area contributed by atoms with Crippen LogP contribution in [0.25, 0.3) is 0 Å². The zero-order valence-electron chi connectivity index (χ0n) is 11.1. The summed E-state index contributed by atoms with van der Waals surface area (Å²) in [5.74, 6) is -1.38. The first-order valence-corrected chi connectivity index (χ1v) is 7.15. The van der Waals surface area contributed by atoms with Gasteiger partial charge in [-0.25, -0.2) is 0 Å². The molecule has 0 heterocycles. The minimum Gasteiger partial charge on any atom is -0.481 e. The first-order valence-electron chi connectivity index (χ1n) is 6.36. The molecular formula is C16H16BrNO2. The van der Waals surface area contributed by atoms with Gasteiger partial charge in [0.05, 0.1) is 5.92 Å². The molecule has 2 rings (SSSR count). The predicted molar refractivity (Wildman–Crippen MR) is 84.2 cm³/mol. The second-order valence-electron chi connectivity index (χ2n) is 4.59. The van der Waals surface area contributed by atoms with E-state index in [9.17, 15) is 9.90 Å². The molecule has 1 unspecified atom stereocenters. The summed E-state index contributed by atoms with van der Waals surface area (Å²) < 4.78 is 1.01. The van der Waals surface area contributed by atoms with Gasteiger partial charge in [0.15, 0.2) is 0 Å². The highest BCUT2D eigenvalue weighted by Crippen LogP contribution is 2.25. The van der Waals surface area contributed by atoms with Crippen molar-refractivity contribution < 1.29 is 9.90 Å². The predicted octanol–water partition coefficient (Wildman–Crippen LogP) is 4.04. The number of carboxylic acid groups (broad SMARTS) is 1. The Bertz CT molecular complexity index is 599. The highest BCUT2D eigenvalue weighted by molar-refractivity contribution is 9.10. The Kier molecular flexibility index (Phi) is 4.79. The molecular weight excluding hydrogens is 318 g/mol. The van der Waals surface area contributed by atoms with Gasteiger partial charge in [0.25, 0.3) is 0 Å². The van der Waals surface area contributed by atoms with Crippen LogP contribution in [0.3, 0.4) is 0 Å². The molecule has 0 fully saturated rings.